The zero-order valence-electron chi connectivity index (χ0n) is 5.49. The molecule has 53 valence electrons. The Morgan fingerprint density at radius 3 is 3.00 bits per heavy atom. The number of aliphatic hydroxyl groups excluding tert-OH is 1. The largest absolute Gasteiger partial charge is 0.397 e. The first-order valence-corrected chi connectivity index (χ1v) is 2.97. The van der Waals surface area contributed by atoms with Gasteiger partial charge in [0, 0.05) is 18.8 Å². The molecule has 1 rings (SSSR count). The predicted molar refractivity (Wildman–Crippen MR) is 39.1 cm³/mol. The van der Waals surface area contributed by atoms with Crippen LogP contribution in [0.15, 0.2) is 18.5 Å². The SMILES string of the molecule is Nc1cncc([CH]CO)c1. The zero-order chi connectivity index (χ0) is 7.40. The number of nitrogen functional groups attached to an aromatic ring is 1. The van der Waals surface area contributed by atoms with Crippen molar-refractivity contribution in [3.8, 4) is 0 Å². The zero-order valence-corrected chi connectivity index (χ0v) is 5.49. The van der Waals surface area contributed by atoms with Crippen molar-refractivity contribution in [2.75, 3.05) is 12.3 Å². The topological polar surface area (TPSA) is 59.1 Å². The van der Waals surface area contributed by atoms with Gasteiger partial charge in [0.25, 0.3) is 0 Å². The summed E-state index contributed by atoms with van der Waals surface area (Å²) < 4.78 is 0. The second kappa shape index (κ2) is 3.17. The lowest BCUT2D eigenvalue weighted by molar-refractivity contribution is 0.331. The molecule has 1 heterocycles. The van der Waals surface area contributed by atoms with E-state index in [4.69, 9.17) is 10.8 Å². The van der Waals surface area contributed by atoms with Crippen LogP contribution in [0, 0.1) is 6.42 Å². The third kappa shape index (κ3) is 1.70. The third-order valence-electron chi connectivity index (χ3n) is 1.11. The van der Waals surface area contributed by atoms with Crippen molar-refractivity contribution in [2.24, 2.45) is 0 Å². The highest BCUT2D eigenvalue weighted by atomic mass is 16.2. The van der Waals surface area contributed by atoms with Crippen LogP contribution in [0.4, 0.5) is 5.69 Å². The van der Waals surface area contributed by atoms with Crippen LogP contribution in [-0.4, -0.2) is 16.7 Å². The van der Waals surface area contributed by atoms with Crippen molar-refractivity contribution in [1.29, 1.82) is 0 Å². The quantitative estimate of drug-likeness (QED) is 0.612. The molecule has 3 nitrogen and oxygen atoms in total. The Labute approximate surface area is 59.5 Å². The lowest BCUT2D eigenvalue weighted by Gasteiger charge is -1.96. The molecule has 0 saturated carbocycles. The number of aliphatic hydroxyl groups is 1. The van der Waals surface area contributed by atoms with Gasteiger partial charge < -0.3 is 10.8 Å². The molecule has 1 radical (unpaired) electrons. The lowest BCUT2D eigenvalue weighted by Crippen LogP contribution is -1.91. The van der Waals surface area contributed by atoms with Gasteiger partial charge in [-0.2, -0.15) is 0 Å². The van der Waals surface area contributed by atoms with Crippen LogP contribution in [0.25, 0.3) is 0 Å². The van der Waals surface area contributed by atoms with Gasteiger partial charge in [0.2, 0.25) is 0 Å². The molecular formula is C7H9N2O. The highest BCUT2D eigenvalue weighted by molar-refractivity contribution is 5.39. The molecule has 0 fully saturated rings. The maximum absolute atomic E-state index is 8.49. The fraction of sp³-hybridized carbons (Fsp3) is 0.143. The highest BCUT2D eigenvalue weighted by Crippen LogP contribution is 2.04. The first-order chi connectivity index (χ1) is 4.83. The van der Waals surface area contributed by atoms with Crippen molar-refractivity contribution in [3.63, 3.8) is 0 Å². The normalized spacial score (nSPS) is 9.70. The van der Waals surface area contributed by atoms with Crippen LogP contribution in [0.5, 0.6) is 0 Å². The van der Waals surface area contributed by atoms with Gasteiger partial charge in [0.15, 0.2) is 0 Å². The maximum atomic E-state index is 8.49. The molecule has 0 aromatic carbocycles. The van der Waals surface area contributed by atoms with Crippen molar-refractivity contribution in [3.05, 3.63) is 30.4 Å². The minimum Gasteiger partial charge on any atom is -0.397 e. The van der Waals surface area contributed by atoms with E-state index in [-0.39, 0.29) is 6.61 Å². The van der Waals surface area contributed by atoms with Gasteiger partial charge in [-0.1, -0.05) is 0 Å². The van der Waals surface area contributed by atoms with E-state index in [1.807, 2.05) is 0 Å². The Balaban J connectivity index is 2.75. The smallest absolute Gasteiger partial charge is 0.0507 e. The van der Waals surface area contributed by atoms with E-state index in [0.29, 0.717) is 5.69 Å². The number of rotatable bonds is 2. The fourth-order valence-electron chi connectivity index (χ4n) is 0.693. The summed E-state index contributed by atoms with van der Waals surface area (Å²) >= 11 is 0. The summed E-state index contributed by atoms with van der Waals surface area (Å²) in [5.74, 6) is 0. The Morgan fingerprint density at radius 2 is 2.40 bits per heavy atom. The van der Waals surface area contributed by atoms with E-state index in [0.717, 1.165) is 5.56 Å². The highest BCUT2D eigenvalue weighted by Gasteiger charge is 1.91. The van der Waals surface area contributed by atoms with Crippen molar-refractivity contribution < 1.29 is 5.11 Å². The number of nitrogens with zero attached hydrogens (tertiary/aromatic N) is 1. The Morgan fingerprint density at radius 1 is 1.60 bits per heavy atom. The van der Waals surface area contributed by atoms with E-state index in [9.17, 15) is 0 Å². The number of hydrogen-bond donors (Lipinski definition) is 2. The molecule has 0 atom stereocenters. The van der Waals surface area contributed by atoms with Gasteiger partial charge in [-0.25, -0.2) is 0 Å². The van der Waals surface area contributed by atoms with Crippen LogP contribution in [0.2, 0.25) is 0 Å². The summed E-state index contributed by atoms with van der Waals surface area (Å²) in [6.07, 6.45) is 4.85. The second-order valence-corrected chi connectivity index (χ2v) is 1.94. The summed E-state index contributed by atoms with van der Waals surface area (Å²) in [7, 11) is 0. The molecule has 0 saturated heterocycles. The third-order valence-corrected chi connectivity index (χ3v) is 1.11. The van der Waals surface area contributed by atoms with Crippen molar-refractivity contribution in [1.82, 2.24) is 4.98 Å². The Bertz CT molecular complexity index is 213. The van der Waals surface area contributed by atoms with E-state index < -0.39 is 0 Å². The molecular weight excluding hydrogens is 128 g/mol. The van der Waals surface area contributed by atoms with E-state index in [1.165, 1.54) is 0 Å². The van der Waals surface area contributed by atoms with Gasteiger partial charge in [-0.3, -0.25) is 4.98 Å². The molecule has 0 aliphatic heterocycles. The molecule has 1 aromatic heterocycles. The van der Waals surface area contributed by atoms with Gasteiger partial charge >= 0.3 is 0 Å². The molecule has 0 spiro atoms. The average Bonchev–Trinajstić information content (AvgIpc) is 1.88. The Hall–Kier alpha value is -1.09. The van der Waals surface area contributed by atoms with Gasteiger partial charge in [0.05, 0.1) is 12.3 Å². The number of nitrogens with two attached hydrogens (primary N) is 1. The average molecular weight is 137 g/mol. The first kappa shape index (κ1) is 7.02. The molecule has 3 heteroatoms. The van der Waals surface area contributed by atoms with Gasteiger partial charge in [-0.05, 0) is 11.6 Å². The van der Waals surface area contributed by atoms with Crippen LogP contribution in [0.1, 0.15) is 5.56 Å². The number of hydrogen-bond acceptors (Lipinski definition) is 3. The van der Waals surface area contributed by atoms with Crippen LogP contribution in [-0.2, 0) is 0 Å². The summed E-state index contributed by atoms with van der Waals surface area (Å²) in [5.41, 5.74) is 6.89. The minimum atomic E-state index is 0.0190. The number of anilines is 1. The number of aromatic nitrogens is 1. The number of pyridine rings is 1. The predicted octanol–water partition coefficient (Wildman–Crippen LogP) is 0.208. The second-order valence-electron chi connectivity index (χ2n) is 1.94. The van der Waals surface area contributed by atoms with Crippen molar-refractivity contribution in [2.45, 2.75) is 0 Å². The summed E-state index contributed by atoms with van der Waals surface area (Å²) in [6.45, 7) is 0.0190. The molecule has 0 aliphatic carbocycles. The molecule has 0 amide bonds. The fourth-order valence-corrected chi connectivity index (χ4v) is 0.693. The summed E-state index contributed by atoms with van der Waals surface area (Å²) in [5, 5.41) is 8.49. The van der Waals surface area contributed by atoms with Crippen LogP contribution < -0.4 is 5.73 Å². The summed E-state index contributed by atoms with van der Waals surface area (Å²) in [6, 6.07) is 1.75. The van der Waals surface area contributed by atoms with E-state index in [2.05, 4.69) is 4.98 Å². The molecule has 3 N–H and O–H groups in total. The first-order valence-electron chi connectivity index (χ1n) is 2.97. The summed E-state index contributed by atoms with van der Waals surface area (Å²) in [4.78, 5) is 3.84. The lowest BCUT2D eigenvalue weighted by atomic mass is 10.2. The molecule has 0 bridgehead atoms. The van der Waals surface area contributed by atoms with Crippen LogP contribution in [0.3, 0.4) is 0 Å². The Kier molecular flexibility index (Phi) is 2.23. The van der Waals surface area contributed by atoms with Crippen LogP contribution >= 0.6 is 0 Å². The molecule has 1 aromatic rings. The molecule has 0 aliphatic rings. The van der Waals surface area contributed by atoms with Gasteiger partial charge in [-0.15, -0.1) is 0 Å². The minimum absolute atomic E-state index is 0.0190. The van der Waals surface area contributed by atoms with Gasteiger partial charge in [0.1, 0.15) is 0 Å². The van der Waals surface area contributed by atoms with E-state index in [1.54, 1.807) is 24.9 Å². The standard InChI is InChI=1S/C7H9N2O/c8-7-3-6(1-2-10)4-9-5-7/h1,3-5,10H,2,8H2. The molecule has 10 heavy (non-hydrogen) atoms. The van der Waals surface area contributed by atoms with Crippen molar-refractivity contribution >= 4 is 5.69 Å². The monoisotopic (exact) mass is 137 g/mol. The molecule has 0 unspecified atom stereocenters. The van der Waals surface area contributed by atoms with E-state index >= 15 is 0 Å². The maximum Gasteiger partial charge on any atom is 0.0507 e.